The van der Waals surface area contributed by atoms with Gasteiger partial charge in [0.25, 0.3) is 0 Å². The molecule has 1 atom stereocenters. The van der Waals surface area contributed by atoms with Crippen molar-refractivity contribution in [2.45, 2.75) is 18.4 Å². The van der Waals surface area contributed by atoms with E-state index in [4.69, 9.17) is 10.5 Å². The number of ether oxygens (including phenoxy) is 1. The monoisotopic (exact) mass is 257 g/mol. The zero-order valence-electron chi connectivity index (χ0n) is 9.31. The van der Waals surface area contributed by atoms with Crippen LogP contribution in [0.15, 0.2) is 5.38 Å². The van der Waals surface area contributed by atoms with Crippen molar-refractivity contribution in [2.75, 3.05) is 25.5 Å². The van der Waals surface area contributed by atoms with Crippen LogP contribution in [-0.2, 0) is 16.0 Å². The highest BCUT2D eigenvalue weighted by atomic mass is 32.1. The van der Waals surface area contributed by atoms with Crippen molar-refractivity contribution in [2.24, 2.45) is 0 Å². The summed E-state index contributed by atoms with van der Waals surface area (Å²) in [5.74, 6) is -0.171. The van der Waals surface area contributed by atoms with Gasteiger partial charge in [-0.15, -0.1) is 11.3 Å². The van der Waals surface area contributed by atoms with E-state index in [2.05, 4.69) is 10.3 Å². The fourth-order valence-electron chi connectivity index (χ4n) is 1.63. The van der Waals surface area contributed by atoms with E-state index in [1.165, 1.54) is 11.3 Å². The molecule has 0 aromatic carbocycles. The van der Waals surface area contributed by atoms with Gasteiger partial charge in [-0.3, -0.25) is 4.79 Å². The molecule has 0 radical (unpaired) electrons. The van der Waals surface area contributed by atoms with Crippen molar-refractivity contribution in [1.82, 2.24) is 10.3 Å². The normalized spacial score (nSPS) is 23.8. The van der Waals surface area contributed by atoms with Gasteiger partial charge in [0.1, 0.15) is 5.60 Å². The van der Waals surface area contributed by atoms with Crippen LogP contribution in [-0.4, -0.2) is 41.4 Å². The number of thiazole rings is 1. The highest BCUT2D eigenvalue weighted by Crippen LogP contribution is 2.17. The number of carbonyl (C=O) groups excluding carboxylic acids is 1. The summed E-state index contributed by atoms with van der Waals surface area (Å²) >= 11 is 1.31. The highest BCUT2D eigenvalue weighted by Gasteiger charge is 2.32. The third kappa shape index (κ3) is 3.39. The summed E-state index contributed by atoms with van der Waals surface area (Å²) in [5, 5.41) is 14.8. The first kappa shape index (κ1) is 12.3. The highest BCUT2D eigenvalue weighted by molar-refractivity contribution is 7.13. The van der Waals surface area contributed by atoms with Crippen molar-refractivity contribution in [3.63, 3.8) is 0 Å². The molecule has 1 saturated heterocycles. The predicted molar refractivity (Wildman–Crippen MR) is 63.6 cm³/mol. The van der Waals surface area contributed by atoms with Gasteiger partial charge >= 0.3 is 0 Å². The molecule has 0 spiro atoms. The van der Waals surface area contributed by atoms with E-state index in [1.54, 1.807) is 5.38 Å². The van der Waals surface area contributed by atoms with Gasteiger partial charge < -0.3 is 20.9 Å². The largest absolute Gasteiger partial charge is 0.386 e. The Hall–Kier alpha value is -1.18. The second-order valence-electron chi connectivity index (χ2n) is 4.16. The van der Waals surface area contributed by atoms with Gasteiger partial charge in [-0.05, 0) is 0 Å². The molecule has 94 valence electrons. The predicted octanol–water partition coefficient (Wildman–Crippen LogP) is -0.465. The molecule has 0 aliphatic carbocycles. The van der Waals surface area contributed by atoms with Gasteiger partial charge in [-0.1, -0.05) is 0 Å². The molecule has 1 amide bonds. The van der Waals surface area contributed by atoms with Crippen LogP contribution in [0.2, 0.25) is 0 Å². The molecule has 7 heteroatoms. The molecule has 2 heterocycles. The standard InChI is InChI=1S/C10H15N3O3S/c11-9-13-7(4-17-9)3-8(14)12-5-10(15)1-2-16-6-10/h4,15H,1-3,5-6H2,(H2,11,13)(H,12,14). The lowest BCUT2D eigenvalue weighted by atomic mass is 10.0. The summed E-state index contributed by atoms with van der Waals surface area (Å²) in [4.78, 5) is 15.6. The molecule has 1 unspecified atom stereocenters. The van der Waals surface area contributed by atoms with Crippen molar-refractivity contribution in [3.8, 4) is 0 Å². The Morgan fingerprint density at radius 1 is 1.76 bits per heavy atom. The second kappa shape index (κ2) is 4.99. The third-order valence-corrected chi connectivity index (χ3v) is 3.33. The molecule has 4 N–H and O–H groups in total. The first-order chi connectivity index (χ1) is 8.07. The van der Waals surface area contributed by atoms with Crippen molar-refractivity contribution in [1.29, 1.82) is 0 Å². The van der Waals surface area contributed by atoms with Crippen LogP contribution in [0.3, 0.4) is 0 Å². The smallest absolute Gasteiger partial charge is 0.226 e. The van der Waals surface area contributed by atoms with Crippen LogP contribution in [0.5, 0.6) is 0 Å². The molecule has 17 heavy (non-hydrogen) atoms. The summed E-state index contributed by atoms with van der Waals surface area (Å²) in [6.45, 7) is 1.03. The lowest BCUT2D eigenvalue weighted by Crippen LogP contribution is -2.43. The molecular formula is C10H15N3O3S. The van der Waals surface area contributed by atoms with Crippen LogP contribution in [0, 0.1) is 0 Å². The Labute approximate surface area is 103 Å². The van der Waals surface area contributed by atoms with Crippen molar-refractivity contribution >= 4 is 22.4 Å². The maximum Gasteiger partial charge on any atom is 0.226 e. The van der Waals surface area contributed by atoms with Crippen LogP contribution in [0.25, 0.3) is 0 Å². The number of hydrogen-bond acceptors (Lipinski definition) is 6. The minimum atomic E-state index is -0.920. The number of hydrogen-bond donors (Lipinski definition) is 3. The maximum atomic E-state index is 11.6. The van der Waals surface area contributed by atoms with Gasteiger partial charge in [0, 0.05) is 25.0 Å². The minimum Gasteiger partial charge on any atom is -0.386 e. The number of rotatable bonds is 4. The van der Waals surface area contributed by atoms with E-state index in [-0.39, 0.29) is 25.5 Å². The number of anilines is 1. The lowest BCUT2D eigenvalue weighted by molar-refractivity contribution is -0.121. The van der Waals surface area contributed by atoms with E-state index >= 15 is 0 Å². The lowest BCUT2D eigenvalue weighted by Gasteiger charge is -2.20. The van der Waals surface area contributed by atoms with Gasteiger partial charge in [-0.25, -0.2) is 4.98 Å². The Morgan fingerprint density at radius 2 is 2.59 bits per heavy atom. The van der Waals surface area contributed by atoms with Crippen molar-refractivity contribution < 1.29 is 14.6 Å². The average molecular weight is 257 g/mol. The maximum absolute atomic E-state index is 11.6. The summed E-state index contributed by atoms with van der Waals surface area (Å²) in [5.41, 5.74) is 5.20. The number of nitrogens with one attached hydrogen (secondary N) is 1. The molecule has 1 aromatic rings. The summed E-state index contributed by atoms with van der Waals surface area (Å²) in [6, 6.07) is 0. The molecule has 6 nitrogen and oxygen atoms in total. The fraction of sp³-hybridized carbons (Fsp3) is 0.600. The number of nitrogen functional groups attached to an aromatic ring is 1. The summed E-state index contributed by atoms with van der Waals surface area (Å²) < 4.78 is 5.09. The van der Waals surface area contributed by atoms with E-state index in [1.807, 2.05) is 0 Å². The van der Waals surface area contributed by atoms with Gasteiger partial charge in [0.15, 0.2) is 5.13 Å². The van der Waals surface area contributed by atoms with Crippen LogP contribution in [0.4, 0.5) is 5.13 Å². The SMILES string of the molecule is Nc1nc(CC(=O)NCC2(O)CCOC2)cs1. The number of aliphatic hydroxyl groups is 1. The molecule has 1 aromatic heterocycles. The van der Waals surface area contributed by atoms with E-state index < -0.39 is 5.60 Å². The second-order valence-corrected chi connectivity index (χ2v) is 5.05. The first-order valence-corrected chi connectivity index (χ1v) is 6.22. The number of aromatic nitrogens is 1. The van der Waals surface area contributed by atoms with Gasteiger partial charge in [-0.2, -0.15) is 0 Å². The zero-order valence-corrected chi connectivity index (χ0v) is 10.1. The van der Waals surface area contributed by atoms with Crippen LogP contribution < -0.4 is 11.1 Å². The number of nitrogens with two attached hydrogens (primary N) is 1. The molecule has 2 rings (SSSR count). The first-order valence-electron chi connectivity index (χ1n) is 5.34. The number of amides is 1. The van der Waals surface area contributed by atoms with Crippen LogP contribution >= 0.6 is 11.3 Å². The molecule has 0 bridgehead atoms. The van der Waals surface area contributed by atoms with E-state index in [0.29, 0.717) is 23.9 Å². The molecule has 1 aliphatic heterocycles. The minimum absolute atomic E-state index is 0.171. The zero-order chi connectivity index (χ0) is 12.3. The van der Waals surface area contributed by atoms with E-state index in [0.717, 1.165) is 0 Å². The van der Waals surface area contributed by atoms with E-state index in [9.17, 15) is 9.90 Å². The summed E-state index contributed by atoms with van der Waals surface area (Å²) in [6.07, 6.45) is 0.738. The Morgan fingerprint density at radius 3 is 3.18 bits per heavy atom. The number of nitrogens with zero attached hydrogens (tertiary/aromatic N) is 1. The molecule has 0 saturated carbocycles. The van der Waals surface area contributed by atoms with Gasteiger partial charge in [0.05, 0.1) is 18.7 Å². The fourth-order valence-corrected chi connectivity index (χ4v) is 2.19. The van der Waals surface area contributed by atoms with Crippen LogP contribution in [0.1, 0.15) is 12.1 Å². The number of carbonyl (C=O) groups is 1. The van der Waals surface area contributed by atoms with Crippen molar-refractivity contribution in [3.05, 3.63) is 11.1 Å². The van der Waals surface area contributed by atoms with Gasteiger partial charge in [0.2, 0.25) is 5.91 Å². The summed E-state index contributed by atoms with van der Waals surface area (Å²) in [7, 11) is 0. The molecule has 1 fully saturated rings. The average Bonchev–Trinajstić information content (AvgIpc) is 2.86. The third-order valence-electron chi connectivity index (χ3n) is 2.61. The Balaban J connectivity index is 1.77. The quantitative estimate of drug-likeness (QED) is 0.678. The Kier molecular flexibility index (Phi) is 3.60. The topological polar surface area (TPSA) is 97.5 Å². The molecule has 1 aliphatic rings. The Bertz CT molecular complexity index is 401. The molecular weight excluding hydrogens is 242 g/mol.